The molecule has 2 atom stereocenters. The van der Waals surface area contributed by atoms with Crippen LogP contribution >= 0.6 is 0 Å². The number of benzene rings is 2. The molecule has 3 rings (SSSR count). The molecule has 1 fully saturated rings. The fourth-order valence-corrected chi connectivity index (χ4v) is 3.12. The van der Waals surface area contributed by atoms with Gasteiger partial charge in [-0.3, -0.25) is 30.3 Å². The van der Waals surface area contributed by atoms with E-state index in [1.54, 1.807) is 36.2 Å². The molecule has 0 radical (unpaired) electrons. The smallest absolute Gasteiger partial charge is 0.269 e. The molecule has 1 heterocycles. The molecule has 1 aliphatic heterocycles. The molecular formula is C18H18N4O5. The number of hydrogen-bond acceptors (Lipinski definition) is 6. The lowest BCUT2D eigenvalue weighted by molar-refractivity contribution is -0.385. The zero-order valence-corrected chi connectivity index (χ0v) is 14.6. The minimum Gasteiger partial charge on any atom is -0.329 e. The minimum absolute atomic E-state index is 0.0117. The Kier molecular flexibility index (Phi) is 5.13. The van der Waals surface area contributed by atoms with Crippen LogP contribution in [0, 0.1) is 20.2 Å². The maximum Gasteiger partial charge on any atom is 0.269 e. The van der Waals surface area contributed by atoms with E-state index in [9.17, 15) is 25.0 Å². The summed E-state index contributed by atoms with van der Waals surface area (Å²) >= 11 is 0. The Balaban J connectivity index is 1.65. The Labute approximate surface area is 154 Å². The van der Waals surface area contributed by atoms with Gasteiger partial charge in [0.2, 0.25) is 5.91 Å². The lowest BCUT2D eigenvalue weighted by atomic mass is 10.1. The zero-order valence-electron chi connectivity index (χ0n) is 14.6. The Morgan fingerprint density at radius 2 is 1.33 bits per heavy atom. The number of likely N-dealkylation sites (N-methyl/N-ethyl adjacent to an activating group) is 1. The van der Waals surface area contributed by atoms with Crippen molar-refractivity contribution >= 4 is 17.3 Å². The van der Waals surface area contributed by atoms with Crippen molar-refractivity contribution in [1.82, 2.24) is 10.2 Å². The SMILES string of the molecule is CN1C(=O)C(Cc2ccc([N+](=O)[O-])cc2)NC1Cc1ccc([N+](=O)[O-])cc1. The molecule has 9 heteroatoms. The van der Waals surface area contributed by atoms with Gasteiger partial charge in [0.1, 0.15) is 0 Å². The first kappa shape index (κ1) is 18.5. The summed E-state index contributed by atoms with van der Waals surface area (Å²) in [5, 5.41) is 24.7. The second-order valence-corrected chi connectivity index (χ2v) is 6.44. The van der Waals surface area contributed by atoms with Crippen LogP contribution in [0.15, 0.2) is 48.5 Å². The van der Waals surface area contributed by atoms with Crippen molar-refractivity contribution in [3.8, 4) is 0 Å². The number of nitro benzene ring substituents is 2. The van der Waals surface area contributed by atoms with Crippen molar-refractivity contribution in [2.75, 3.05) is 7.05 Å². The van der Waals surface area contributed by atoms with E-state index in [1.807, 2.05) is 0 Å². The van der Waals surface area contributed by atoms with Crippen molar-refractivity contribution in [1.29, 1.82) is 0 Å². The van der Waals surface area contributed by atoms with Gasteiger partial charge in [0.05, 0.1) is 22.1 Å². The summed E-state index contributed by atoms with van der Waals surface area (Å²) in [4.78, 5) is 34.7. The van der Waals surface area contributed by atoms with E-state index in [-0.39, 0.29) is 23.4 Å². The van der Waals surface area contributed by atoms with E-state index in [1.165, 1.54) is 24.3 Å². The highest BCUT2D eigenvalue weighted by atomic mass is 16.6. The average molecular weight is 370 g/mol. The van der Waals surface area contributed by atoms with Gasteiger partial charge in [0.25, 0.3) is 11.4 Å². The topological polar surface area (TPSA) is 119 Å². The van der Waals surface area contributed by atoms with Crippen molar-refractivity contribution in [2.24, 2.45) is 0 Å². The molecule has 2 aromatic rings. The molecule has 27 heavy (non-hydrogen) atoms. The van der Waals surface area contributed by atoms with Crippen molar-refractivity contribution in [3.05, 3.63) is 79.9 Å². The molecule has 140 valence electrons. The average Bonchev–Trinajstić information content (AvgIpc) is 2.90. The van der Waals surface area contributed by atoms with Crippen LogP contribution in [-0.4, -0.2) is 39.9 Å². The molecule has 1 amide bonds. The standard InChI is InChI=1S/C18H18N4O5/c1-20-17(11-13-4-8-15(9-5-13)22(26)27)19-16(18(20)23)10-12-2-6-14(7-3-12)21(24)25/h2-9,16-17,19H,10-11H2,1H3. The van der Waals surface area contributed by atoms with Gasteiger partial charge in [-0.2, -0.15) is 0 Å². The van der Waals surface area contributed by atoms with Crippen LogP contribution in [0.1, 0.15) is 11.1 Å². The minimum atomic E-state index is -0.462. The first-order chi connectivity index (χ1) is 12.8. The van der Waals surface area contributed by atoms with Crippen molar-refractivity contribution in [2.45, 2.75) is 25.0 Å². The number of hydrogen-bond donors (Lipinski definition) is 1. The van der Waals surface area contributed by atoms with Crippen LogP contribution in [0.5, 0.6) is 0 Å². The number of carbonyl (C=O) groups is 1. The van der Waals surface area contributed by atoms with Crippen LogP contribution in [0.25, 0.3) is 0 Å². The molecule has 0 spiro atoms. The van der Waals surface area contributed by atoms with Crippen LogP contribution in [0.3, 0.4) is 0 Å². The Bertz CT molecular complexity index is 866. The summed E-state index contributed by atoms with van der Waals surface area (Å²) in [6.07, 6.45) is 0.733. The van der Waals surface area contributed by atoms with E-state index in [4.69, 9.17) is 0 Å². The van der Waals surface area contributed by atoms with E-state index in [0.717, 1.165) is 11.1 Å². The Morgan fingerprint density at radius 3 is 1.78 bits per heavy atom. The first-order valence-corrected chi connectivity index (χ1v) is 8.34. The molecule has 0 aromatic heterocycles. The molecule has 9 nitrogen and oxygen atoms in total. The van der Waals surface area contributed by atoms with Gasteiger partial charge < -0.3 is 4.90 Å². The van der Waals surface area contributed by atoms with E-state index in [2.05, 4.69) is 5.32 Å². The number of nitrogens with zero attached hydrogens (tertiary/aromatic N) is 3. The predicted octanol–water partition coefficient (Wildman–Crippen LogP) is 2.04. The lowest BCUT2D eigenvalue weighted by Gasteiger charge is -2.19. The number of non-ortho nitro benzene ring substituents is 2. The van der Waals surface area contributed by atoms with Gasteiger partial charge in [0, 0.05) is 37.7 Å². The van der Waals surface area contributed by atoms with Gasteiger partial charge >= 0.3 is 0 Å². The van der Waals surface area contributed by atoms with Crippen LogP contribution in [0.2, 0.25) is 0 Å². The lowest BCUT2D eigenvalue weighted by Crippen LogP contribution is -2.37. The number of nitro groups is 2. The third-order valence-corrected chi connectivity index (χ3v) is 4.67. The first-order valence-electron chi connectivity index (χ1n) is 8.34. The summed E-state index contributed by atoms with van der Waals surface area (Å²) in [6.45, 7) is 0. The van der Waals surface area contributed by atoms with Gasteiger partial charge in [-0.05, 0) is 17.5 Å². The fourth-order valence-electron chi connectivity index (χ4n) is 3.12. The predicted molar refractivity (Wildman–Crippen MR) is 97.1 cm³/mol. The maximum atomic E-state index is 12.5. The zero-order chi connectivity index (χ0) is 19.6. The third-order valence-electron chi connectivity index (χ3n) is 4.67. The molecule has 2 unspecified atom stereocenters. The van der Waals surface area contributed by atoms with Crippen LogP contribution in [0.4, 0.5) is 11.4 Å². The van der Waals surface area contributed by atoms with Crippen molar-refractivity contribution in [3.63, 3.8) is 0 Å². The van der Waals surface area contributed by atoms with Gasteiger partial charge in [-0.25, -0.2) is 0 Å². The number of amides is 1. The molecule has 0 bridgehead atoms. The Morgan fingerprint density at radius 1 is 0.889 bits per heavy atom. The number of nitrogens with one attached hydrogen (secondary N) is 1. The molecule has 0 aliphatic carbocycles. The monoisotopic (exact) mass is 370 g/mol. The molecular weight excluding hydrogens is 352 g/mol. The normalized spacial score (nSPS) is 19.3. The largest absolute Gasteiger partial charge is 0.329 e. The highest BCUT2D eigenvalue weighted by molar-refractivity contribution is 5.84. The summed E-state index contributed by atoms with van der Waals surface area (Å²) < 4.78 is 0. The number of carbonyl (C=O) groups excluding carboxylic acids is 1. The highest BCUT2D eigenvalue weighted by Gasteiger charge is 2.36. The van der Waals surface area contributed by atoms with Crippen LogP contribution in [-0.2, 0) is 17.6 Å². The van der Waals surface area contributed by atoms with Gasteiger partial charge in [0.15, 0.2) is 0 Å². The second kappa shape index (κ2) is 7.50. The third kappa shape index (κ3) is 4.09. The van der Waals surface area contributed by atoms with Crippen molar-refractivity contribution < 1.29 is 14.6 Å². The maximum absolute atomic E-state index is 12.5. The summed E-state index contributed by atoms with van der Waals surface area (Å²) in [6, 6.07) is 12.0. The van der Waals surface area contributed by atoms with Gasteiger partial charge in [-0.15, -0.1) is 0 Å². The van der Waals surface area contributed by atoms with Crippen LogP contribution < -0.4 is 5.32 Å². The molecule has 1 saturated heterocycles. The van der Waals surface area contributed by atoms with Gasteiger partial charge in [-0.1, -0.05) is 24.3 Å². The molecule has 0 saturated carbocycles. The fraction of sp³-hybridized carbons (Fsp3) is 0.278. The summed E-state index contributed by atoms with van der Waals surface area (Å²) in [7, 11) is 1.71. The van der Waals surface area contributed by atoms with E-state index < -0.39 is 15.9 Å². The summed E-state index contributed by atoms with van der Waals surface area (Å²) in [5.41, 5.74) is 1.75. The molecule has 1 aliphatic rings. The van der Waals surface area contributed by atoms with E-state index >= 15 is 0 Å². The molecule has 1 N–H and O–H groups in total. The number of rotatable bonds is 6. The molecule has 2 aromatic carbocycles. The Hall–Kier alpha value is -3.33. The summed E-state index contributed by atoms with van der Waals surface area (Å²) in [5.74, 6) is -0.0553. The quantitative estimate of drug-likeness (QED) is 0.614. The highest BCUT2D eigenvalue weighted by Crippen LogP contribution is 2.20. The van der Waals surface area contributed by atoms with E-state index in [0.29, 0.717) is 12.8 Å². The second-order valence-electron chi connectivity index (χ2n) is 6.44.